The molecule has 0 heterocycles. The largest absolute Gasteiger partial charge is 0.311 e. The maximum Gasteiger partial charge on any atom is 0.00978 e. The molecule has 2 aliphatic rings. The van der Waals surface area contributed by atoms with Gasteiger partial charge in [-0.05, 0) is 63.2 Å². The maximum atomic E-state index is 4.22. The molecule has 0 saturated heterocycles. The Morgan fingerprint density at radius 3 is 1.32 bits per heavy atom. The van der Waals surface area contributed by atoms with E-state index in [2.05, 4.69) is 33.0 Å². The minimum Gasteiger partial charge on any atom is -0.311 e. The normalized spacial score (nSPS) is 25.4. The van der Waals surface area contributed by atoms with E-state index in [4.69, 9.17) is 0 Å². The van der Waals surface area contributed by atoms with Crippen molar-refractivity contribution in [2.24, 2.45) is 10.8 Å². The average molecular weight is 350 g/mol. The van der Waals surface area contributed by atoms with Crippen LogP contribution in [0.25, 0.3) is 0 Å². The lowest BCUT2D eigenvalue weighted by atomic mass is 9.64. The topological polar surface area (TPSA) is 12.0 Å². The molecule has 1 heteroatoms. The molecule has 0 radical (unpaired) electrons. The summed E-state index contributed by atoms with van der Waals surface area (Å²) < 4.78 is 0. The van der Waals surface area contributed by atoms with Crippen LogP contribution >= 0.6 is 0 Å². The van der Waals surface area contributed by atoms with Gasteiger partial charge in [-0.3, -0.25) is 0 Å². The summed E-state index contributed by atoms with van der Waals surface area (Å²) in [6.07, 6.45) is 23.1. The molecule has 148 valence electrons. The zero-order valence-electron chi connectivity index (χ0n) is 18.0. The predicted octanol–water partition coefficient (Wildman–Crippen LogP) is 7.63. The van der Waals surface area contributed by atoms with Gasteiger partial charge in [-0.25, -0.2) is 0 Å². The van der Waals surface area contributed by atoms with E-state index in [-0.39, 0.29) is 0 Å². The van der Waals surface area contributed by atoms with Gasteiger partial charge in [0, 0.05) is 12.1 Å². The first-order chi connectivity index (χ1) is 12.1. The lowest BCUT2D eigenvalue weighted by Gasteiger charge is -2.49. The molecule has 2 aliphatic carbocycles. The SMILES string of the molecule is CCCCC1(C(C)NC(C)C2(CCCC)CCCCC2)CCCCC1. The van der Waals surface area contributed by atoms with Gasteiger partial charge in [0.15, 0.2) is 0 Å². The lowest BCUT2D eigenvalue weighted by Crippen LogP contribution is -2.53. The third-order valence-electron chi connectivity index (χ3n) is 8.09. The number of rotatable bonds is 10. The molecule has 2 saturated carbocycles. The third-order valence-corrected chi connectivity index (χ3v) is 8.09. The fourth-order valence-electron chi connectivity index (χ4n) is 6.10. The van der Waals surface area contributed by atoms with Gasteiger partial charge in [0.1, 0.15) is 0 Å². The van der Waals surface area contributed by atoms with E-state index in [9.17, 15) is 0 Å². The molecule has 1 nitrogen and oxygen atoms in total. The minimum atomic E-state index is 0.586. The second kappa shape index (κ2) is 10.3. The summed E-state index contributed by atoms with van der Waals surface area (Å²) in [5.41, 5.74) is 1.17. The van der Waals surface area contributed by atoms with E-state index in [0.29, 0.717) is 22.9 Å². The van der Waals surface area contributed by atoms with Crippen LogP contribution in [0.2, 0.25) is 0 Å². The van der Waals surface area contributed by atoms with Gasteiger partial charge in [-0.1, -0.05) is 78.1 Å². The van der Waals surface area contributed by atoms with Gasteiger partial charge in [-0.15, -0.1) is 0 Å². The fraction of sp³-hybridized carbons (Fsp3) is 1.00. The highest BCUT2D eigenvalue weighted by Gasteiger charge is 2.41. The summed E-state index contributed by atoms with van der Waals surface area (Å²) in [6.45, 7) is 9.79. The summed E-state index contributed by atoms with van der Waals surface area (Å²) in [7, 11) is 0. The number of nitrogens with one attached hydrogen (secondary N) is 1. The third kappa shape index (κ3) is 5.47. The van der Waals surface area contributed by atoms with Crippen LogP contribution in [0.1, 0.15) is 130 Å². The van der Waals surface area contributed by atoms with E-state index in [0.717, 1.165) is 0 Å². The van der Waals surface area contributed by atoms with Crippen molar-refractivity contribution in [2.75, 3.05) is 0 Å². The molecule has 0 bridgehead atoms. The van der Waals surface area contributed by atoms with Crippen LogP contribution in [-0.4, -0.2) is 12.1 Å². The zero-order valence-corrected chi connectivity index (χ0v) is 18.0. The van der Waals surface area contributed by atoms with Crippen molar-refractivity contribution in [1.29, 1.82) is 0 Å². The Labute approximate surface area is 159 Å². The maximum absolute atomic E-state index is 4.22. The van der Waals surface area contributed by atoms with E-state index < -0.39 is 0 Å². The number of hydrogen-bond donors (Lipinski definition) is 1. The second-order valence-electron chi connectivity index (χ2n) is 9.66. The van der Waals surface area contributed by atoms with Crippen molar-refractivity contribution in [2.45, 2.75) is 143 Å². The molecule has 0 aromatic rings. The van der Waals surface area contributed by atoms with Gasteiger partial charge in [0.25, 0.3) is 0 Å². The molecule has 0 aromatic carbocycles. The molecule has 1 N–H and O–H groups in total. The predicted molar refractivity (Wildman–Crippen MR) is 112 cm³/mol. The van der Waals surface area contributed by atoms with Gasteiger partial charge >= 0.3 is 0 Å². The molecule has 0 aliphatic heterocycles. The lowest BCUT2D eigenvalue weighted by molar-refractivity contribution is 0.0615. The highest BCUT2D eigenvalue weighted by Crippen LogP contribution is 2.47. The van der Waals surface area contributed by atoms with Crippen molar-refractivity contribution in [3.63, 3.8) is 0 Å². The Morgan fingerprint density at radius 2 is 1.00 bits per heavy atom. The van der Waals surface area contributed by atoms with E-state index in [1.54, 1.807) is 0 Å². The Kier molecular flexibility index (Phi) is 8.79. The smallest absolute Gasteiger partial charge is 0.00978 e. The van der Waals surface area contributed by atoms with Gasteiger partial charge in [0.2, 0.25) is 0 Å². The van der Waals surface area contributed by atoms with E-state index in [1.807, 2.05) is 0 Å². The summed E-state index contributed by atoms with van der Waals surface area (Å²) in [6, 6.07) is 1.38. The molecule has 0 amide bonds. The molecular weight excluding hydrogens is 302 g/mol. The van der Waals surface area contributed by atoms with Crippen molar-refractivity contribution in [1.82, 2.24) is 5.32 Å². The molecule has 0 spiro atoms. The Morgan fingerprint density at radius 1 is 0.640 bits per heavy atom. The van der Waals surface area contributed by atoms with Crippen molar-refractivity contribution < 1.29 is 0 Å². The Balaban J connectivity index is 2.04. The van der Waals surface area contributed by atoms with Crippen molar-refractivity contribution in [3.05, 3.63) is 0 Å². The Bertz CT molecular complexity index is 315. The Hall–Kier alpha value is -0.0400. The highest BCUT2D eigenvalue weighted by atomic mass is 15.0. The standard InChI is InChI=1S/C24H47N/c1-5-7-15-23(17-11-9-12-18-23)21(3)25-22(4)24(16-8-6-2)19-13-10-14-20-24/h21-22,25H,5-20H2,1-4H3. The fourth-order valence-corrected chi connectivity index (χ4v) is 6.10. The minimum absolute atomic E-state index is 0.586. The van der Waals surface area contributed by atoms with E-state index in [1.165, 1.54) is 103 Å². The highest BCUT2D eigenvalue weighted by molar-refractivity contribution is 4.97. The summed E-state index contributed by atoms with van der Waals surface area (Å²) in [5, 5.41) is 4.22. The van der Waals surface area contributed by atoms with Crippen LogP contribution in [0.15, 0.2) is 0 Å². The molecule has 2 unspecified atom stereocenters. The van der Waals surface area contributed by atoms with Crippen LogP contribution in [0.5, 0.6) is 0 Å². The van der Waals surface area contributed by atoms with Crippen LogP contribution in [-0.2, 0) is 0 Å². The quantitative estimate of drug-likeness (QED) is 0.427. The van der Waals surface area contributed by atoms with Gasteiger partial charge in [0.05, 0.1) is 0 Å². The summed E-state index contributed by atoms with van der Waals surface area (Å²) >= 11 is 0. The second-order valence-corrected chi connectivity index (χ2v) is 9.66. The monoisotopic (exact) mass is 349 g/mol. The van der Waals surface area contributed by atoms with Crippen molar-refractivity contribution in [3.8, 4) is 0 Å². The van der Waals surface area contributed by atoms with Crippen LogP contribution in [0.4, 0.5) is 0 Å². The van der Waals surface area contributed by atoms with Crippen LogP contribution < -0.4 is 5.32 Å². The van der Waals surface area contributed by atoms with Crippen molar-refractivity contribution >= 4 is 0 Å². The molecule has 25 heavy (non-hydrogen) atoms. The van der Waals surface area contributed by atoms with Crippen LogP contribution in [0.3, 0.4) is 0 Å². The van der Waals surface area contributed by atoms with Gasteiger partial charge < -0.3 is 5.32 Å². The molecule has 0 aromatic heterocycles. The molecule has 2 atom stereocenters. The first-order valence-electron chi connectivity index (χ1n) is 11.8. The summed E-state index contributed by atoms with van der Waals surface area (Å²) in [5.74, 6) is 0. The summed E-state index contributed by atoms with van der Waals surface area (Å²) in [4.78, 5) is 0. The van der Waals surface area contributed by atoms with Gasteiger partial charge in [-0.2, -0.15) is 0 Å². The number of unbranched alkanes of at least 4 members (excludes halogenated alkanes) is 2. The van der Waals surface area contributed by atoms with Crippen LogP contribution in [0, 0.1) is 10.8 Å². The first-order valence-corrected chi connectivity index (χ1v) is 11.8. The molecule has 2 rings (SSSR count). The van der Waals surface area contributed by atoms with E-state index >= 15 is 0 Å². The zero-order chi connectivity index (χ0) is 18.2. The average Bonchev–Trinajstić information content (AvgIpc) is 2.66. The number of hydrogen-bond acceptors (Lipinski definition) is 1. The molecular formula is C24H47N. The molecule has 2 fully saturated rings. The first kappa shape index (κ1) is 21.3.